The van der Waals surface area contributed by atoms with Gasteiger partial charge >= 0.3 is 0 Å². The second-order valence-electron chi connectivity index (χ2n) is 11.1. The molecule has 0 saturated carbocycles. The van der Waals surface area contributed by atoms with E-state index >= 15 is 0 Å². The summed E-state index contributed by atoms with van der Waals surface area (Å²) in [6.45, 7) is 6.29. The lowest BCUT2D eigenvalue weighted by atomic mass is 9.86. The van der Waals surface area contributed by atoms with E-state index in [1.807, 2.05) is 0 Å². The highest BCUT2D eigenvalue weighted by Crippen LogP contribution is 2.32. The van der Waals surface area contributed by atoms with Crippen molar-refractivity contribution in [3.8, 4) is 12.1 Å². The predicted molar refractivity (Wildman–Crippen MR) is 172 cm³/mol. The molecular weight excluding hydrogens is 547 g/mol. The summed E-state index contributed by atoms with van der Waals surface area (Å²) in [6.07, 6.45) is 6.21. The fourth-order valence-corrected chi connectivity index (χ4v) is 6.16. The molecule has 3 aromatic rings. The summed E-state index contributed by atoms with van der Waals surface area (Å²) >= 11 is 0. The summed E-state index contributed by atoms with van der Waals surface area (Å²) in [4.78, 5) is 5.08. The van der Waals surface area contributed by atoms with E-state index in [0.717, 1.165) is 76.1 Å². The zero-order valence-corrected chi connectivity index (χ0v) is 25.3. The standard InChI is InChI=1S/C35H38N4.2ClH/c36-24-34(25-37)35(14-11-28-15-19-38(20-16-28)26-29-7-3-1-4-8-29)33-13-12-31-17-21-39(22-18-32(31)23-33)27-30-9-5-2-6-10-30;;/h1-10,12-13,23,28H,11,14-22,26-27H2;2*1H. The molecule has 5 rings (SSSR count). The van der Waals surface area contributed by atoms with Gasteiger partial charge in [0, 0.05) is 26.2 Å². The average Bonchev–Trinajstić information content (AvgIpc) is 3.19. The fraction of sp³-hybridized carbons (Fsp3) is 0.371. The maximum atomic E-state index is 9.78. The maximum Gasteiger partial charge on any atom is 0.133 e. The second-order valence-corrected chi connectivity index (χ2v) is 11.1. The lowest BCUT2D eigenvalue weighted by Crippen LogP contribution is -2.33. The molecule has 0 aliphatic carbocycles. The number of benzene rings is 3. The highest BCUT2D eigenvalue weighted by molar-refractivity contribution is 5.85. The number of nitriles is 2. The molecule has 0 bridgehead atoms. The zero-order chi connectivity index (χ0) is 26.9. The summed E-state index contributed by atoms with van der Waals surface area (Å²) in [6, 6.07) is 32.5. The molecule has 214 valence electrons. The van der Waals surface area contributed by atoms with Gasteiger partial charge in [-0.05, 0) is 90.9 Å². The zero-order valence-electron chi connectivity index (χ0n) is 23.7. The van der Waals surface area contributed by atoms with E-state index in [9.17, 15) is 10.5 Å². The van der Waals surface area contributed by atoms with Crippen LogP contribution in [0.15, 0.2) is 84.4 Å². The van der Waals surface area contributed by atoms with Crippen LogP contribution < -0.4 is 0 Å². The summed E-state index contributed by atoms with van der Waals surface area (Å²) in [5.41, 5.74) is 7.76. The number of piperidine rings is 1. The molecule has 1 saturated heterocycles. The topological polar surface area (TPSA) is 54.1 Å². The third kappa shape index (κ3) is 8.93. The van der Waals surface area contributed by atoms with Crippen LogP contribution in [-0.4, -0.2) is 36.0 Å². The van der Waals surface area contributed by atoms with Crippen LogP contribution in [-0.2, 0) is 25.9 Å². The van der Waals surface area contributed by atoms with Crippen molar-refractivity contribution in [2.24, 2.45) is 5.92 Å². The van der Waals surface area contributed by atoms with Crippen LogP contribution in [0.4, 0.5) is 0 Å². The smallest absolute Gasteiger partial charge is 0.133 e. The molecule has 2 aliphatic heterocycles. The number of halogens is 2. The molecule has 6 heteroatoms. The Labute approximate surface area is 258 Å². The lowest BCUT2D eigenvalue weighted by molar-refractivity contribution is 0.173. The average molecular weight is 588 g/mol. The number of likely N-dealkylation sites (tertiary alicyclic amines) is 1. The molecule has 1 fully saturated rings. The molecule has 0 unspecified atom stereocenters. The van der Waals surface area contributed by atoms with Crippen molar-refractivity contribution in [2.45, 2.75) is 51.6 Å². The Morgan fingerprint density at radius 1 is 0.683 bits per heavy atom. The molecule has 0 spiro atoms. The summed E-state index contributed by atoms with van der Waals surface area (Å²) in [5, 5.41) is 19.6. The third-order valence-electron chi connectivity index (χ3n) is 8.48. The maximum absolute atomic E-state index is 9.78. The van der Waals surface area contributed by atoms with E-state index in [-0.39, 0.29) is 30.4 Å². The van der Waals surface area contributed by atoms with E-state index in [2.05, 4.69) is 101 Å². The van der Waals surface area contributed by atoms with Crippen molar-refractivity contribution in [3.63, 3.8) is 0 Å². The minimum absolute atomic E-state index is 0. The minimum atomic E-state index is 0. The molecule has 0 N–H and O–H groups in total. The first-order valence-corrected chi connectivity index (χ1v) is 14.4. The van der Waals surface area contributed by atoms with Crippen molar-refractivity contribution in [1.29, 1.82) is 10.5 Å². The molecule has 3 aromatic carbocycles. The molecule has 0 atom stereocenters. The molecule has 2 heterocycles. The lowest BCUT2D eigenvalue weighted by Gasteiger charge is -2.32. The second kappa shape index (κ2) is 16.4. The van der Waals surface area contributed by atoms with Crippen LogP contribution in [0.1, 0.15) is 53.5 Å². The third-order valence-corrected chi connectivity index (χ3v) is 8.48. The summed E-state index contributed by atoms with van der Waals surface area (Å²) < 4.78 is 0. The monoisotopic (exact) mass is 586 g/mol. The quantitative estimate of drug-likeness (QED) is 0.255. The van der Waals surface area contributed by atoms with Crippen molar-refractivity contribution in [3.05, 3.63) is 112 Å². The van der Waals surface area contributed by atoms with Crippen LogP contribution in [0.5, 0.6) is 0 Å². The van der Waals surface area contributed by atoms with Crippen LogP contribution in [0.25, 0.3) is 5.57 Å². The van der Waals surface area contributed by atoms with Gasteiger partial charge in [-0.15, -0.1) is 24.8 Å². The predicted octanol–water partition coefficient (Wildman–Crippen LogP) is 7.62. The largest absolute Gasteiger partial charge is 0.299 e. The van der Waals surface area contributed by atoms with Gasteiger partial charge in [-0.1, -0.05) is 78.9 Å². The van der Waals surface area contributed by atoms with Gasteiger partial charge in [0.25, 0.3) is 0 Å². The van der Waals surface area contributed by atoms with Gasteiger partial charge in [-0.2, -0.15) is 10.5 Å². The van der Waals surface area contributed by atoms with Crippen LogP contribution in [0, 0.1) is 28.6 Å². The van der Waals surface area contributed by atoms with Gasteiger partial charge in [-0.25, -0.2) is 0 Å². The summed E-state index contributed by atoms with van der Waals surface area (Å²) in [7, 11) is 0. The van der Waals surface area contributed by atoms with Gasteiger partial charge in [0.15, 0.2) is 0 Å². The Morgan fingerprint density at radius 3 is 1.78 bits per heavy atom. The van der Waals surface area contributed by atoms with E-state index < -0.39 is 0 Å². The number of rotatable bonds is 8. The number of allylic oxidation sites excluding steroid dienone is 2. The first-order valence-electron chi connectivity index (χ1n) is 14.4. The highest BCUT2D eigenvalue weighted by Gasteiger charge is 2.22. The Hall–Kier alpha value is -3.12. The van der Waals surface area contributed by atoms with Crippen molar-refractivity contribution in [2.75, 3.05) is 26.2 Å². The van der Waals surface area contributed by atoms with Crippen LogP contribution in [0.3, 0.4) is 0 Å². The number of hydrogen-bond donors (Lipinski definition) is 0. The molecule has 0 radical (unpaired) electrons. The van der Waals surface area contributed by atoms with E-state index in [1.54, 1.807) is 0 Å². The normalized spacial score (nSPS) is 15.7. The first kappa shape index (κ1) is 32.4. The number of hydrogen-bond acceptors (Lipinski definition) is 4. The Kier molecular flexibility index (Phi) is 12.9. The Morgan fingerprint density at radius 2 is 1.22 bits per heavy atom. The van der Waals surface area contributed by atoms with Gasteiger partial charge in [0.1, 0.15) is 17.7 Å². The minimum Gasteiger partial charge on any atom is -0.299 e. The molecule has 0 aromatic heterocycles. The van der Waals surface area contributed by atoms with E-state index in [0.29, 0.717) is 5.92 Å². The van der Waals surface area contributed by atoms with Gasteiger partial charge in [0.2, 0.25) is 0 Å². The van der Waals surface area contributed by atoms with Crippen LogP contribution >= 0.6 is 24.8 Å². The van der Waals surface area contributed by atoms with Crippen LogP contribution in [0.2, 0.25) is 0 Å². The van der Waals surface area contributed by atoms with Gasteiger partial charge < -0.3 is 0 Å². The van der Waals surface area contributed by atoms with Gasteiger partial charge in [0.05, 0.1) is 0 Å². The molecule has 2 aliphatic rings. The highest BCUT2D eigenvalue weighted by atomic mass is 35.5. The molecule has 41 heavy (non-hydrogen) atoms. The molecule has 0 amide bonds. The first-order chi connectivity index (χ1) is 19.2. The van der Waals surface area contributed by atoms with Crippen molar-refractivity contribution in [1.82, 2.24) is 9.80 Å². The Bertz CT molecular complexity index is 1330. The number of fused-ring (bicyclic) bond motifs is 1. The van der Waals surface area contributed by atoms with E-state index in [4.69, 9.17) is 0 Å². The SMILES string of the molecule is Cl.Cl.N#CC(C#N)=C(CCC1CCN(Cc2ccccc2)CC1)c1ccc2c(c1)CCN(Cc1ccccc1)CC2. The Balaban J connectivity index is 0.00000231. The van der Waals surface area contributed by atoms with Crippen molar-refractivity contribution < 1.29 is 0 Å². The van der Waals surface area contributed by atoms with Crippen molar-refractivity contribution >= 4 is 30.4 Å². The van der Waals surface area contributed by atoms with E-state index in [1.165, 1.54) is 35.1 Å². The fourth-order valence-electron chi connectivity index (χ4n) is 6.16. The van der Waals surface area contributed by atoms with Gasteiger partial charge in [-0.3, -0.25) is 9.80 Å². The molecular formula is C35H40Cl2N4. The molecule has 4 nitrogen and oxygen atoms in total. The number of nitrogens with zero attached hydrogens (tertiary/aromatic N) is 4. The summed E-state index contributed by atoms with van der Waals surface area (Å²) in [5.74, 6) is 0.637.